The first-order valence-corrected chi connectivity index (χ1v) is 14.5. The number of benzene rings is 2. The summed E-state index contributed by atoms with van der Waals surface area (Å²) in [5, 5.41) is 10.9. The molecule has 3 heterocycles. The summed E-state index contributed by atoms with van der Waals surface area (Å²) in [5.74, 6) is 0.379. The number of ether oxygens (including phenoxy) is 1. The van der Waals surface area contributed by atoms with Gasteiger partial charge in [0.1, 0.15) is 5.69 Å². The van der Waals surface area contributed by atoms with Gasteiger partial charge in [-0.25, -0.2) is 0 Å². The van der Waals surface area contributed by atoms with Crippen molar-refractivity contribution in [3.05, 3.63) is 100 Å². The van der Waals surface area contributed by atoms with Crippen molar-refractivity contribution >= 4 is 28.8 Å². The Morgan fingerprint density at radius 2 is 1.70 bits per heavy atom. The molecule has 1 saturated heterocycles. The quantitative estimate of drug-likeness (QED) is 0.292. The monoisotopic (exact) mass is 580 g/mol. The Hall–Kier alpha value is -4.63. The van der Waals surface area contributed by atoms with E-state index in [1.807, 2.05) is 68.6 Å². The van der Waals surface area contributed by atoms with E-state index in [1.165, 1.54) is 5.56 Å². The topological polar surface area (TPSA) is 93.4 Å². The highest BCUT2D eigenvalue weighted by Gasteiger charge is 2.19. The Balaban J connectivity index is 1.39. The molecule has 224 valence electrons. The van der Waals surface area contributed by atoms with E-state index in [0.29, 0.717) is 36.0 Å². The lowest BCUT2D eigenvalue weighted by Crippen LogP contribution is -2.35. The van der Waals surface area contributed by atoms with E-state index in [1.54, 1.807) is 22.5 Å². The van der Waals surface area contributed by atoms with E-state index in [9.17, 15) is 9.59 Å². The van der Waals surface area contributed by atoms with Crippen molar-refractivity contribution in [3.8, 4) is 11.1 Å². The molecule has 43 heavy (non-hydrogen) atoms. The number of carbonyl (C=O) groups excluding carboxylic acids is 1. The number of carbonyl (C=O) groups is 1. The Morgan fingerprint density at radius 1 is 1.00 bits per heavy atom. The number of nitrogens with zero attached hydrogens (tertiary/aromatic N) is 4. The Morgan fingerprint density at radius 3 is 2.37 bits per heavy atom. The molecule has 1 fully saturated rings. The van der Waals surface area contributed by atoms with Gasteiger partial charge in [0.2, 0.25) is 0 Å². The molecule has 0 saturated carbocycles. The van der Waals surface area contributed by atoms with Gasteiger partial charge in [0, 0.05) is 56.3 Å². The molecule has 0 atom stereocenters. The van der Waals surface area contributed by atoms with Crippen molar-refractivity contribution < 1.29 is 9.53 Å². The predicted octanol–water partition coefficient (Wildman–Crippen LogP) is 5.69. The second-order valence-corrected chi connectivity index (χ2v) is 12.0. The summed E-state index contributed by atoms with van der Waals surface area (Å²) in [6.07, 6.45) is 1.80. The molecule has 0 spiro atoms. The van der Waals surface area contributed by atoms with Gasteiger partial charge in [0.05, 0.1) is 24.6 Å². The van der Waals surface area contributed by atoms with Crippen LogP contribution in [0.15, 0.2) is 72.2 Å². The maximum atomic E-state index is 13.1. The number of aryl methyl sites for hydroxylation is 2. The minimum Gasteiger partial charge on any atom is -0.378 e. The number of amides is 1. The summed E-state index contributed by atoms with van der Waals surface area (Å²) >= 11 is 0. The fourth-order valence-corrected chi connectivity index (χ4v) is 5.28. The van der Waals surface area contributed by atoms with Gasteiger partial charge >= 0.3 is 0 Å². The SMILES string of the molecule is C=C(c1cc(Nc2cc(-c3cccc(NC(=O)c4ccc(C(C)(C)C)cc4)c3C)cn(C)c2=O)nn1C)N1CCOCC1. The van der Waals surface area contributed by atoms with Crippen molar-refractivity contribution in [3.63, 3.8) is 0 Å². The molecule has 0 aliphatic carbocycles. The second-order valence-electron chi connectivity index (χ2n) is 12.0. The third kappa shape index (κ3) is 6.41. The smallest absolute Gasteiger partial charge is 0.274 e. The molecule has 9 nitrogen and oxygen atoms in total. The number of rotatable bonds is 7. The van der Waals surface area contributed by atoms with Crippen LogP contribution in [0.25, 0.3) is 16.8 Å². The van der Waals surface area contributed by atoms with Gasteiger partial charge < -0.3 is 24.8 Å². The molecule has 0 bridgehead atoms. The number of hydrogen-bond acceptors (Lipinski definition) is 6. The first-order chi connectivity index (χ1) is 20.4. The van der Waals surface area contributed by atoms with Crippen LogP contribution in [0, 0.1) is 6.92 Å². The molecule has 2 aromatic heterocycles. The largest absolute Gasteiger partial charge is 0.378 e. The van der Waals surface area contributed by atoms with Crippen LogP contribution in [-0.2, 0) is 24.2 Å². The molecule has 4 aromatic rings. The highest BCUT2D eigenvalue weighted by Crippen LogP contribution is 2.31. The summed E-state index contributed by atoms with van der Waals surface area (Å²) in [4.78, 5) is 28.4. The molecule has 1 aliphatic heterocycles. The number of pyridine rings is 1. The average molecular weight is 581 g/mol. The van der Waals surface area contributed by atoms with Crippen LogP contribution in [0.4, 0.5) is 17.2 Å². The van der Waals surface area contributed by atoms with Gasteiger partial charge in [-0.3, -0.25) is 14.3 Å². The summed E-state index contributed by atoms with van der Waals surface area (Å²) in [6.45, 7) is 15.6. The lowest BCUT2D eigenvalue weighted by Gasteiger charge is -2.30. The summed E-state index contributed by atoms with van der Waals surface area (Å²) < 4.78 is 8.78. The van der Waals surface area contributed by atoms with Crippen molar-refractivity contribution in [2.24, 2.45) is 14.1 Å². The summed E-state index contributed by atoms with van der Waals surface area (Å²) in [6, 6.07) is 17.2. The maximum Gasteiger partial charge on any atom is 0.274 e. The fraction of sp³-hybridized carbons (Fsp3) is 0.324. The first kappa shape index (κ1) is 29.8. The number of anilines is 3. The third-order valence-electron chi connectivity index (χ3n) is 7.92. The van der Waals surface area contributed by atoms with Crippen LogP contribution in [-0.4, -0.2) is 51.5 Å². The zero-order valence-corrected chi connectivity index (χ0v) is 25.8. The Kier molecular flexibility index (Phi) is 8.28. The molecule has 2 N–H and O–H groups in total. The first-order valence-electron chi connectivity index (χ1n) is 14.5. The third-order valence-corrected chi connectivity index (χ3v) is 7.92. The van der Waals surface area contributed by atoms with Crippen molar-refractivity contribution in [1.82, 2.24) is 19.2 Å². The van der Waals surface area contributed by atoms with Crippen LogP contribution in [0.3, 0.4) is 0 Å². The molecule has 1 aliphatic rings. The molecule has 0 unspecified atom stereocenters. The van der Waals surface area contributed by atoms with Crippen LogP contribution in [0.2, 0.25) is 0 Å². The lowest BCUT2D eigenvalue weighted by atomic mass is 9.86. The number of nitrogens with one attached hydrogen (secondary N) is 2. The number of morpholine rings is 1. The van der Waals surface area contributed by atoms with E-state index in [4.69, 9.17) is 4.74 Å². The number of aromatic nitrogens is 3. The van der Waals surface area contributed by atoms with E-state index in [-0.39, 0.29) is 16.9 Å². The zero-order chi connectivity index (χ0) is 30.9. The van der Waals surface area contributed by atoms with Crippen molar-refractivity contribution in [1.29, 1.82) is 0 Å². The van der Waals surface area contributed by atoms with Gasteiger partial charge in [-0.15, -0.1) is 0 Å². The Bertz CT molecular complexity index is 1720. The average Bonchev–Trinajstić information content (AvgIpc) is 3.35. The molecule has 2 aromatic carbocycles. The molecular formula is C34H40N6O3. The molecule has 5 rings (SSSR count). The van der Waals surface area contributed by atoms with Gasteiger partial charge in [-0.1, -0.05) is 51.6 Å². The summed E-state index contributed by atoms with van der Waals surface area (Å²) in [7, 11) is 3.59. The van der Waals surface area contributed by atoms with Crippen LogP contribution in [0.1, 0.15) is 48.0 Å². The second kappa shape index (κ2) is 11.9. The predicted molar refractivity (Wildman–Crippen MR) is 173 cm³/mol. The van der Waals surface area contributed by atoms with Gasteiger partial charge in [0.25, 0.3) is 11.5 Å². The van der Waals surface area contributed by atoms with Crippen molar-refractivity contribution in [2.45, 2.75) is 33.1 Å². The highest BCUT2D eigenvalue weighted by atomic mass is 16.5. The zero-order valence-electron chi connectivity index (χ0n) is 25.8. The van der Waals surface area contributed by atoms with Crippen LogP contribution in [0.5, 0.6) is 0 Å². The molecule has 1 amide bonds. The minimum atomic E-state index is -0.177. The van der Waals surface area contributed by atoms with E-state index in [0.717, 1.165) is 41.2 Å². The van der Waals surface area contributed by atoms with Gasteiger partial charge in [-0.2, -0.15) is 5.10 Å². The van der Waals surface area contributed by atoms with E-state index in [2.05, 4.69) is 48.0 Å². The molecule has 9 heteroatoms. The van der Waals surface area contributed by atoms with Crippen molar-refractivity contribution in [2.75, 3.05) is 36.9 Å². The van der Waals surface area contributed by atoms with Gasteiger partial charge in [0.15, 0.2) is 5.82 Å². The van der Waals surface area contributed by atoms with E-state index >= 15 is 0 Å². The van der Waals surface area contributed by atoms with Gasteiger partial charge in [-0.05, 0) is 53.3 Å². The minimum absolute atomic E-state index is 0.0137. The van der Waals surface area contributed by atoms with E-state index < -0.39 is 0 Å². The lowest BCUT2D eigenvalue weighted by molar-refractivity contribution is 0.0638. The fourth-order valence-electron chi connectivity index (χ4n) is 5.28. The standard InChI is InChI=1S/C34H40N6O3/c1-22-27(9-8-10-28(22)36-32(41)24-11-13-26(14-12-24)34(3,4)5)25-19-29(33(42)38(6)21-25)35-31-20-30(39(7)37-31)23(2)40-15-17-43-18-16-40/h8-14,19-21H,2,15-18H2,1,3-7H3,(H,35,37)(H,36,41). The molecule has 0 radical (unpaired) electrons. The van der Waals surface area contributed by atoms with Crippen LogP contribution < -0.4 is 16.2 Å². The normalized spacial score (nSPS) is 13.6. The highest BCUT2D eigenvalue weighted by molar-refractivity contribution is 6.05. The molecular weight excluding hydrogens is 540 g/mol. The summed E-state index contributed by atoms with van der Waals surface area (Å²) in [5.41, 5.74) is 7.08. The van der Waals surface area contributed by atoms with Crippen LogP contribution >= 0.6 is 0 Å². The number of hydrogen-bond donors (Lipinski definition) is 2. The Labute approximate surface area is 252 Å². The maximum absolute atomic E-state index is 13.1.